The highest BCUT2D eigenvalue weighted by atomic mass is 19.1. The number of hydrogen-bond acceptors (Lipinski definition) is 4. The monoisotopic (exact) mass is 293 g/mol. The highest BCUT2D eigenvalue weighted by molar-refractivity contribution is 5.98. The van der Waals surface area contributed by atoms with Crippen molar-refractivity contribution >= 4 is 12.0 Å². The molecule has 8 heteroatoms. The Bertz CT molecular complexity index is 656. The SMILES string of the molecule is O=C(O)NCCNC(=O)c1nocc1-c1cccc(F)c1. The quantitative estimate of drug-likeness (QED) is 0.724. The van der Waals surface area contributed by atoms with Gasteiger partial charge >= 0.3 is 6.09 Å². The number of benzene rings is 1. The van der Waals surface area contributed by atoms with E-state index < -0.39 is 17.8 Å². The number of rotatable bonds is 5. The maximum atomic E-state index is 13.2. The highest BCUT2D eigenvalue weighted by Gasteiger charge is 2.17. The lowest BCUT2D eigenvalue weighted by atomic mass is 10.1. The van der Waals surface area contributed by atoms with Crippen LogP contribution >= 0.6 is 0 Å². The fourth-order valence-electron chi connectivity index (χ4n) is 1.69. The minimum atomic E-state index is -1.17. The highest BCUT2D eigenvalue weighted by Crippen LogP contribution is 2.23. The molecule has 1 aromatic heterocycles. The van der Waals surface area contributed by atoms with Gasteiger partial charge in [-0.25, -0.2) is 9.18 Å². The van der Waals surface area contributed by atoms with Crippen molar-refractivity contribution in [2.24, 2.45) is 0 Å². The summed E-state index contributed by atoms with van der Waals surface area (Å²) in [6, 6.07) is 5.68. The van der Waals surface area contributed by atoms with E-state index in [1.165, 1.54) is 24.5 Å². The molecule has 2 rings (SSSR count). The molecule has 7 nitrogen and oxygen atoms in total. The van der Waals surface area contributed by atoms with Crippen LogP contribution in [0.2, 0.25) is 0 Å². The third kappa shape index (κ3) is 3.78. The normalized spacial score (nSPS) is 10.1. The van der Waals surface area contributed by atoms with Crippen molar-refractivity contribution in [3.8, 4) is 11.1 Å². The van der Waals surface area contributed by atoms with Gasteiger partial charge in [0.1, 0.15) is 12.1 Å². The zero-order valence-electron chi connectivity index (χ0n) is 10.8. The second-order valence-electron chi connectivity index (χ2n) is 4.08. The number of nitrogens with zero attached hydrogens (tertiary/aromatic N) is 1. The number of aromatic nitrogens is 1. The number of amides is 2. The fourth-order valence-corrected chi connectivity index (χ4v) is 1.69. The van der Waals surface area contributed by atoms with Crippen LogP contribution in [0.25, 0.3) is 11.1 Å². The third-order valence-corrected chi connectivity index (χ3v) is 2.61. The smallest absolute Gasteiger partial charge is 0.404 e. The second-order valence-corrected chi connectivity index (χ2v) is 4.08. The van der Waals surface area contributed by atoms with Crippen LogP contribution in [0.3, 0.4) is 0 Å². The van der Waals surface area contributed by atoms with Gasteiger partial charge in [0, 0.05) is 13.1 Å². The van der Waals surface area contributed by atoms with Crippen LogP contribution in [0.5, 0.6) is 0 Å². The van der Waals surface area contributed by atoms with Crippen LogP contribution in [0, 0.1) is 5.82 Å². The van der Waals surface area contributed by atoms with Gasteiger partial charge in [0.25, 0.3) is 5.91 Å². The minimum Gasteiger partial charge on any atom is -0.465 e. The van der Waals surface area contributed by atoms with Crippen molar-refractivity contribution in [2.45, 2.75) is 0 Å². The van der Waals surface area contributed by atoms with Crippen LogP contribution in [0.15, 0.2) is 35.1 Å². The largest absolute Gasteiger partial charge is 0.465 e. The topological polar surface area (TPSA) is 104 Å². The first-order valence-corrected chi connectivity index (χ1v) is 6.03. The molecule has 0 fully saturated rings. The Hall–Kier alpha value is -2.90. The Labute approximate surface area is 118 Å². The molecule has 2 aromatic rings. The Balaban J connectivity index is 2.06. The van der Waals surface area contributed by atoms with E-state index in [4.69, 9.17) is 9.63 Å². The summed E-state index contributed by atoms with van der Waals surface area (Å²) in [5.74, 6) is -0.971. The van der Waals surface area contributed by atoms with E-state index >= 15 is 0 Å². The molecule has 0 spiro atoms. The van der Waals surface area contributed by atoms with Gasteiger partial charge in [-0.3, -0.25) is 4.79 Å². The predicted molar refractivity (Wildman–Crippen MR) is 70.3 cm³/mol. The second kappa shape index (κ2) is 6.51. The van der Waals surface area contributed by atoms with Crippen LogP contribution in [0.1, 0.15) is 10.5 Å². The first-order chi connectivity index (χ1) is 10.1. The number of hydrogen-bond donors (Lipinski definition) is 3. The lowest BCUT2D eigenvalue weighted by molar-refractivity contribution is 0.0944. The van der Waals surface area contributed by atoms with E-state index in [2.05, 4.69) is 15.8 Å². The number of carbonyl (C=O) groups excluding carboxylic acids is 1. The summed E-state index contributed by atoms with van der Waals surface area (Å²) < 4.78 is 18.0. The molecule has 0 bridgehead atoms. The van der Waals surface area contributed by atoms with Crippen molar-refractivity contribution in [2.75, 3.05) is 13.1 Å². The van der Waals surface area contributed by atoms with E-state index in [1.54, 1.807) is 6.07 Å². The molecule has 0 saturated heterocycles. The van der Waals surface area contributed by atoms with Crippen LogP contribution in [0.4, 0.5) is 9.18 Å². The summed E-state index contributed by atoms with van der Waals surface area (Å²) in [6.45, 7) is 0.162. The van der Waals surface area contributed by atoms with E-state index in [1.807, 2.05) is 0 Å². The van der Waals surface area contributed by atoms with Crippen LogP contribution in [-0.4, -0.2) is 35.4 Å². The molecule has 3 N–H and O–H groups in total. The van der Waals surface area contributed by atoms with Gasteiger partial charge in [-0.15, -0.1) is 0 Å². The van der Waals surface area contributed by atoms with Gasteiger partial charge in [0.2, 0.25) is 0 Å². The number of carbonyl (C=O) groups is 2. The third-order valence-electron chi connectivity index (χ3n) is 2.61. The van der Waals surface area contributed by atoms with E-state index in [-0.39, 0.29) is 18.8 Å². The lowest BCUT2D eigenvalue weighted by Gasteiger charge is -2.04. The van der Waals surface area contributed by atoms with Crippen molar-refractivity contribution in [3.63, 3.8) is 0 Å². The first-order valence-electron chi connectivity index (χ1n) is 6.03. The standard InChI is InChI=1S/C13H12FN3O4/c14-9-3-1-2-8(6-9)10-7-21-17-11(10)12(18)15-4-5-16-13(19)20/h1-3,6-7,16H,4-5H2,(H,15,18)(H,19,20). The molecule has 0 saturated carbocycles. The zero-order chi connectivity index (χ0) is 15.2. The van der Waals surface area contributed by atoms with Crippen LogP contribution < -0.4 is 10.6 Å². The van der Waals surface area contributed by atoms with Crippen LogP contribution in [-0.2, 0) is 0 Å². The summed E-state index contributed by atoms with van der Waals surface area (Å²) >= 11 is 0. The number of halogens is 1. The molecule has 21 heavy (non-hydrogen) atoms. The van der Waals surface area contributed by atoms with Gasteiger partial charge in [-0.05, 0) is 17.7 Å². The Morgan fingerprint density at radius 1 is 1.29 bits per heavy atom. The minimum absolute atomic E-state index is 0.0101. The van der Waals surface area contributed by atoms with E-state index in [9.17, 15) is 14.0 Å². The summed E-state index contributed by atoms with van der Waals surface area (Å²) in [6.07, 6.45) is 0.0743. The molecule has 0 aliphatic rings. The maximum Gasteiger partial charge on any atom is 0.404 e. The van der Waals surface area contributed by atoms with Crippen molar-refractivity contribution < 1.29 is 23.6 Å². The molecule has 0 atom stereocenters. The molecule has 0 radical (unpaired) electrons. The maximum absolute atomic E-state index is 13.2. The van der Waals surface area contributed by atoms with Gasteiger partial charge < -0.3 is 20.3 Å². The Morgan fingerprint density at radius 3 is 2.76 bits per heavy atom. The molecule has 2 amide bonds. The first kappa shape index (κ1) is 14.5. The average Bonchev–Trinajstić information content (AvgIpc) is 2.92. The average molecular weight is 293 g/mol. The van der Waals surface area contributed by atoms with Crippen molar-refractivity contribution in [1.29, 1.82) is 0 Å². The molecule has 0 unspecified atom stereocenters. The van der Waals surface area contributed by atoms with E-state index in [0.717, 1.165) is 0 Å². The van der Waals surface area contributed by atoms with Crippen molar-refractivity contribution in [3.05, 3.63) is 42.0 Å². The molecular weight excluding hydrogens is 281 g/mol. The van der Waals surface area contributed by atoms with Crippen molar-refractivity contribution in [1.82, 2.24) is 15.8 Å². The Morgan fingerprint density at radius 2 is 2.05 bits per heavy atom. The Kier molecular flexibility index (Phi) is 4.50. The summed E-state index contributed by atoms with van der Waals surface area (Å²) in [7, 11) is 0. The molecule has 0 aliphatic carbocycles. The zero-order valence-corrected chi connectivity index (χ0v) is 10.8. The number of carboxylic acid groups (broad SMARTS) is 1. The fraction of sp³-hybridized carbons (Fsp3) is 0.154. The van der Waals surface area contributed by atoms with Gasteiger partial charge in [-0.1, -0.05) is 17.3 Å². The molecule has 1 aromatic carbocycles. The summed E-state index contributed by atoms with van der Waals surface area (Å²) in [5.41, 5.74) is 0.833. The molecular formula is C13H12FN3O4. The number of nitrogens with one attached hydrogen (secondary N) is 2. The van der Waals surface area contributed by atoms with Gasteiger partial charge in [0.15, 0.2) is 5.69 Å². The molecule has 0 aliphatic heterocycles. The molecule has 110 valence electrons. The predicted octanol–water partition coefficient (Wildman–Crippen LogP) is 1.48. The van der Waals surface area contributed by atoms with Gasteiger partial charge in [-0.2, -0.15) is 0 Å². The summed E-state index contributed by atoms with van der Waals surface area (Å²) in [5, 5.41) is 16.6. The lowest BCUT2D eigenvalue weighted by Crippen LogP contribution is -2.34. The molecule has 1 heterocycles. The van der Waals surface area contributed by atoms with E-state index in [0.29, 0.717) is 11.1 Å². The summed E-state index contributed by atoms with van der Waals surface area (Å²) in [4.78, 5) is 22.2. The van der Waals surface area contributed by atoms with Gasteiger partial charge in [0.05, 0.1) is 5.56 Å².